The molecule has 12 heteroatoms. The van der Waals surface area contributed by atoms with Crippen LogP contribution in [0.5, 0.6) is 0 Å². The first kappa shape index (κ1) is 33.5. The van der Waals surface area contributed by atoms with Crippen molar-refractivity contribution in [2.45, 2.75) is 0 Å². The van der Waals surface area contributed by atoms with Crippen LogP contribution in [0.3, 0.4) is 0 Å². The Morgan fingerprint density at radius 3 is 1.68 bits per heavy atom. The molecule has 1 aliphatic heterocycles. The number of pyridine rings is 1. The first-order valence-corrected chi connectivity index (χ1v) is 16.8. The lowest BCUT2D eigenvalue weighted by molar-refractivity contribution is -0.581. The number of benzene rings is 5. The summed E-state index contributed by atoms with van der Waals surface area (Å²) in [6.07, 6.45) is 2.59. The minimum atomic E-state index is -2.47. The summed E-state index contributed by atoms with van der Waals surface area (Å²) in [6.45, 7) is 0. The second-order valence-electron chi connectivity index (χ2n) is 12.0. The average Bonchev–Trinajstić information content (AvgIpc) is 3.71. The number of fused-ring (bicyclic) bond motifs is 1. The van der Waals surface area contributed by atoms with Crippen LogP contribution in [0.2, 0.25) is 0 Å². The van der Waals surface area contributed by atoms with Crippen LogP contribution < -0.4 is 19.5 Å². The Morgan fingerprint density at radius 2 is 1.09 bits per heavy atom. The zero-order valence-electron chi connectivity index (χ0n) is 27.1. The van der Waals surface area contributed by atoms with E-state index in [0.29, 0.717) is 5.56 Å². The van der Waals surface area contributed by atoms with Crippen molar-refractivity contribution in [2.24, 2.45) is 0 Å². The summed E-state index contributed by atoms with van der Waals surface area (Å²) in [5.74, 6) is -16.8. The molecule has 0 saturated carbocycles. The lowest BCUT2D eigenvalue weighted by Gasteiger charge is -2.25. The largest absolute Gasteiger partial charge is 0.864 e. The van der Waals surface area contributed by atoms with Crippen molar-refractivity contribution in [1.29, 1.82) is 0 Å². The van der Waals surface area contributed by atoms with Crippen LogP contribution in [-0.2, 0) is 9.59 Å². The third kappa shape index (κ3) is 5.69. The molecule has 0 aliphatic carbocycles. The molecule has 0 fully saturated rings. The summed E-state index contributed by atoms with van der Waals surface area (Å²) >= 11 is 1.50. The number of imide groups is 1. The molecule has 2 amide bonds. The number of halogens is 5. The van der Waals surface area contributed by atoms with E-state index in [-0.39, 0.29) is 4.90 Å². The van der Waals surface area contributed by atoms with E-state index in [2.05, 4.69) is 59.5 Å². The van der Waals surface area contributed by atoms with E-state index in [1.807, 2.05) is 54.6 Å². The lowest BCUT2D eigenvalue weighted by atomic mass is 10.0. The van der Waals surface area contributed by atoms with E-state index in [9.17, 15) is 36.6 Å². The standard InChI is InChI=1S/C41H22F5N3O3S/c42-32-33(43)35(45)37(36(46)34(32)44)49-40(51)38(39(50)41(49)52)47-19-17-24(18-20-47)30-22-26-12-11-25(21-31(26)53-30)23-13-15-29(16-14-23)48(27-7-3-1-4-8-27)28-9-5-2-6-10-28/h1-22H. The summed E-state index contributed by atoms with van der Waals surface area (Å²) in [7, 11) is 0. The minimum Gasteiger partial charge on any atom is -0.864 e. The molecule has 0 radical (unpaired) electrons. The third-order valence-corrected chi connectivity index (χ3v) is 9.96. The molecule has 0 unspecified atom stereocenters. The number of amides is 2. The summed E-state index contributed by atoms with van der Waals surface area (Å²) in [4.78, 5) is 28.4. The molecule has 53 heavy (non-hydrogen) atoms. The van der Waals surface area contributed by atoms with Gasteiger partial charge in [0.25, 0.3) is 11.6 Å². The van der Waals surface area contributed by atoms with Gasteiger partial charge in [-0.3, -0.25) is 9.59 Å². The van der Waals surface area contributed by atoms with E-state index >= 15 is 0 Å². The van der Waals surface area contributed by atoms with Gasteiger partial charge in [-0.1, -0.05) is 60.7 Å². The van der Waals surface area contributed by atoms with Crippen LogP contribution in [0.15, 0.2) is 139 Å². The number of carbonyl (C=O) groups excluding carboxylic acids is 2. The Labute approximate surface area is 302 Å². The Hall–Kier alpha value is -6.66. The van der Waals surface area contributed by atoms with Crippen LogP contribution in [0, 0.1) is 29.1 Å². The molecular formula is C41H22F5N3O3S. The van der Waals surface area contributed by atoms with Gasteiger partial charge in [0.05, 0.1) is 0 Å². The number of para-hydroxylation sites is 2. The number of thiophene rings is 1. The van der Waals surface area contributed by atoms with Gasteiger partial charge in [-0.2, -0.15) is 4.57 Å². The van der Waals surface area contributed by atoms with Crippen LogP contribution in [-0.4, -0.2) is 11.8 Å². The maximum absolute atomic E-state index is 14.5. The molecule has 2 aromatic heterocycles. The second kappa shape index (κ2) is 13.1. The molecule has 260 valence electrons. The molecule has 3 heterocycles. The number of aromatic nitrogens is 1. The predicted molar refractivity (Wildman–Crippen MR) is 190 cm³/mol. The van der Waals surface area contributed by atoms with Crippen molar-refractivity contribution in [1.82, 2.24) is 0 Å². The first-order valence-electron chi connectivity index (χ1n) is 16.0. The summed E-state index contributed by atoms with van der Waals surface area (Å²) in [5.41, 5.74) is 3.12. The number of rotatable bonds is 7. The highest BCUT2D eigenvalue weighted by molar-refractivity contribution is 7.22. The van der Waals surface area contributed by atoms with Crippen LogP contribution >= 0.6 is 11.3 Å². The van der Waals surface area contributed by atoms with Crippen LogP contribution in [0.1, 0.15) is 0 Å². The van der Waals surface area contributed by atoms with Gasteiger partial charge in [0.1, 0.15) is 5.69 Å². The Balaban J connectivity index is 1.05. The molecule has 0 N–H and O–H groups in total. The topological polar surface area (TPSA) is 67.6 Å². The summed E-state index contributed by atoms with van der Waals surface area (Å²) in [6, 6.07) is 39.7. The smallest absolute Gasteiger partial charge is 0.330 e. The van der Waals surface area contributed by atoms with E-state index in [0.717, 1.165) is 47.7 Å². The molecule has 0 saturated heterocycles. The number of hydrogen-bond donors (Lipinski definition) is 0. The monoisotopic (exact) mass is 731 g/mol. The van der Waals surface area contributed by atoms with Crippen molar-refractivity contribution in [3.05, 3.63) is 169 Å². The molecule has 7 aromatic rings. The zero-order chi connectivity index (χ0) is 37.0. The number of hydrogen-bond acceptors (Lipinski definition) is 5. The lowest BCUT2D eigenvalue weighted by Crippen LogP contribution is -2.40. The molecule has 1 aliphatic rings. The highest BCUT2D eigenvalue weighted by atomic mass is 32.1. The van der Waals surface area contributed by atoms with E-state index in [1.165, 1.54) is 23.7 Å². The van der Waals surface area contributed by atoms with Gasteiger partial charge in [0, 0.05) is 50.1 Å². The van der Waals surface area contributed by atoms with Gasteiger partial charge in [-0.25, -0.2) is 26.9 Å². The predicted octanol–water partition coefficient (Wildman–Crippen LogP) is 8.79. The molecule has 8 rings (SSSR count). The van der Waals surface area contributed by atoms with Crippen molar-refractivity contribution in [2.75, 3.05) is 9.80 Å². The molecule has 0 bridgehead atoms. The third-order valence-electron chi connectivity index (χ3n) is 8.81. The van der Waals surface area contributed by atoms with E-state index < -0.39 is 58.0 Å². The molecular weight excluding hydrogens is 710 g/mol. The second-order valence-corrected chi connectivity index (χ2v) is 13.0. The maximum Gasteiger partial charge on any atom is 0.330 e. The van der Waals surface area contributed by atoms with Crippen molar-refractivity contribution in [3.63, 3.8) is 0 Å². The molecule has 0 spiro atoms. The highest BCUT2D eigenvalue weighted by Gasteiger charge is 2.45. The van der Waals surface area contributed by atoms with Crippen molar-refractivity contribution < 1.29 is 41.2 Å². The molecule has 0 atom stereocenters. The number of nitrogens with zero attached hydrogens (tertiary/aromatic N) is 3. The quantitative estimate of drug-likeness (QED) is 0.0541. The first-order chi connectivity index (χ1) is 25.6. The Morgan fingerprint density at radius 1 is 0.566 bits per heavy atom. The fraction of sp³-hybridized carbons (Fsp3) is 0. The maximum atomic E-state index is 14.5. The summed E-state index contributed by atoms with van der Waals surface area (Å²) < 4.78 is 72.2. The van der Waals surface area contributed by atoms with Crippen LogP contribution in [0.4, 0.5) is 44.7 Å². The fourth-order valence-electron chi connectivity index (χ4n) is 6.22. The minimum absolute atomic E-state index is 0.339. The number of anilines is 4. The van der Waals surface area contributed by atoms with Gasteiger partial charge in [0.15, 0.2) is 35.7 Å². The summed E-state index contributed by atoms with van der Waals surface area (Å²) in [5, 5.41) is 13.8. The number of carbonyl (C=O) groups is 2. The van der Waals surface area contributed by atoms with E-state index in [4.69, 9.17) is 0 Å². The van der Waals surface area contributed by atoms with Gasteiger partial charge in [-0.05, 0) is 65.0 Å². The molecule has 5 aromatic carbocycles. The Kier molecular flexibility index (Phi) is 8.31. The average molecular weight is 732 g/mol. The van der Waals surface area contributed by atoms with Crippen molar-refractivity contribution in [3.8, 4) is 21.6 Å². The van der Waals surface area contributed by atoms with Gasteiger partial charge >= 0.3 is 5.91 Å². The molecule has 6 nitrogen and oxygen atoms in total. The van der Waals surface area contributed by atoms with Gasteiger partial charge in [0.2, 0.25) is 5.82 Å². The highest BCUT2D eigenvalue weighted by Crippen LogP contribution is 2.39. The van der Waals surface area contributed by atoms with Crippen molar-refractivity contribution >= 4 is 61.7 Å². The van der Waals surface area contributed by atoms with Gasteiger partial charge < -0.3 is 10.0 Å². The van der Waals surface area contributed by atoms with Gasteiger partial charge in [-0.15, -0.1) is 11.3 Å². The zero-order valence-corrected chi connectivity index (χ0v) is 27.9. The SMILES string of the molecule is O=C1C([O-])=C([n+]2ccc(-c3cc4ccc(-c5ccc(N(c6ccccc6)c6ccccc6)cc5)cc4s3)cc2)C(=O)N1c1c(F)c(F)c(F)c(F)c1F. The van der Waals surface area contributed by atoms with Crippen LogP contribution in [0.25, 0.3) is 37.4 Å². The normalized spacial score (nSPS) is 13.0. The van der Waals surface area contributed by atoms with E-state index in [1.54, 1.807) is 12.1 Å². The Bertz CT molecular complexity index is 2540. The fourth-order valence-corrected chi connectivity index (χ4v) is 7.32.